The van der Waals surface area contributed by atoms with E-state index in [1.54, 1.807) is 14.2 Å². The average Bonchev–Trinajstić information content (AvgIpc) is 3.19. The van der Waals surface area contributed by atoms with Crippen molar-refractivity contribution in [3.63, 3.8) is 0 Å². The molecule has 6 nitrogen and oxygen atoms in total. The molecule has 1 aliphatic rings. The molecule has 2 aromatic rings. The lowest BCUT2D eigenvalue weighted by molar-refractivity contribution is 0.288. The van der Waals surface area contributed by atoms with Crippen LogP contribution in [0.4, 0.5) is 0 Å². The van der Waals surface area contributed by atoms with Crippen molar-refractivity contribution in [1.29, 1.82) is 0 Å². The van der Waals surface area contributed by atoms with Crippen molar-refractivity contribution in [2.45, 2.75) is 44.1 Å². The van der Waals surface area contributed by atoms with Crippen LogP contribution in [0.3, 0.4) is 0 Å². The maximum atomic E-state index is 5.57. The molecule has 3 rings (SSSR count). The predicted octanol–water partition coefficient (Wildman–Crippen LogP) is 3.61. The van der Waals surface area contributed by atoms with E-state index < -0.39 is 0 Å². The van der Waals surface area contributed by atoms with Gasteiger partial charge in [-0.05, 0) is 42.2 Å². The van der Waals surface area contributed by atoms with Crippen LogP contribution in [0.5, 0.6) is 11.5 Å². The molecule has 6 heteroatoms. The first kappa shape index (κ1) is 21.1. The first-order valence-corrected chi connectivity index (χ1v) is 10.4. The number of nitrogens with one attached hydrogen (secondary N) is 2. The number of rotatable bonds is 7. The smallest absolute Gasteiger partial charge is 0.191 e. The fraction of sp³-hybridized carbons (Fsp3) is 0.522. The number of guanidine groups is 1. The van der Waals surface area contributed by atoms with Gasteiger partial charge in [-0.25, -0.2) is 0 Å². The molecule has 29 heavy (non-hydrogen) atoms. The second-order valence-electron chi connectivity index (χ2n) is 7.88. The summed E-state index contributed by atoms with van der Waals surface area (Å²) in [5.74, 6) is 2.40. The van der Waals surface area contributed by atoms with Gasteiger partial charge in [0.05, 0.1) is 14.2 Å². The van der Waals surface area contributed by atoms with Gasteiger partial charge >= 0.3 is 0 Å². The molecule has 0 saturated heterocycles. The van der Waals surface area contributed by atoms with Gasteiger partial charge in [0.15, 0.2) is 17.5 Å². The van der Waals surface area contributed by atoms with Gasteiger partial charge in [0, 0.05) is 45.0 Å². The number of aliphatic imine (C=N–C) groups is 1. The molecule has 1 aliphatic carbocycles. The van der Waals surface area contributed by atoms with Crippen LogP contribution >= 0.6 is 0 Å². The van der Waals surface area contributed by atoms with Crippen LogP contribution in [-0.4, -0.2) is 38.3 Å². The topological polar surface area (TPSA) is 59.8 Å². The molecule has 1 fully saturated rings. The Bertz CT molecular complexity index is 822. The second kappa shape index (κ2) is 9.72. The average molecular weight is 399 g/mol. The molecule has 2 N–H and O–H groups in total. The Labute approximate surface area is 174 Å². The van der Waals surface area contributed by atoms with Crippen LogP contribution in [0.1, 0.15) is 43.2 Å². The number of aromatic nitrogens is 1. The van der Waals surface area contributed by atoms with Crippen LogP contribution in [0.25, 0.3) is 0 Å². The Hall–Kier alpha value is -2.63. The summed E-state index contributed by atoms with van der Waals surface area (Å²) in [7, 11) is 7.23. The minimum absolute atomic E-state index is 0.0716. The molecular formula is C23H34N4O2. The quantitative estimate of drug-likeness (QED) is 0.553. The zero-order valence-corrected chi connectivity index (χ0v) is 18.1. The van der Waals surface area contributed by atoms with E-state index in [0.717, 1.165) is 43.4 Å². The molecule has 0 spiro atoms. The lowest BCUT2D eigenvalue weighted by Gasteiger charge is -2.38. The molecule has 1 aromatic heterocycles. The summed E-state index contributed by atoms with van der Waals surface area (Å²) in [6, 6.07) is 8.47. The SMILES string of the molecule is CN=C(NCc1ccn(C)c1)NCC1(c2ccc(OC)c(OC)c2)CCCCC1. The Morgan fingerprint density at radius 1 is 1.07 bits per heavy atom. The predicted molar refractivity (Wildman–Crippen MR) is 118 cm³/mol. The van der Waals surface area contributed by atoms with Crippen LogP contribution in [0, 0.1) is 0 Å². The molecule has 1 saturated carbocycles. The van der Waals surface area contributed by atoms with E-state index >= 15 is 0 Å². The monoisotopic (exact) mass is 398 g/mol. The summed E-state index contributed by atoms with van der Waals surface area (Å²) in [6.07, 6.45) is 10.3. The van der Waals surface area contributed by atoms with Crippen LogP contribution in [-0.2, 0) is 19.0 Å². The third-order valence-corrected chi connectivity index (χ3v) is 5.98. The maximum absolute atomic E-state index is 5.57. The highest BCUT2D eigenvalue weighted by Gasteiger charge is 2.34. The van der Waals surface area contributed by atoms with Crippen LogP contribution in [0.2, 0.25) is 0 Å². The summed E-state index contributed by atoms with van der Waals surface area (Å²) in [5.41, 5.74) is 2.62. The standard InChI is InChI=1S/C23H34N4O2/c1-24-22(25-15-18-10-13-27(2)16-18)26-17-23(11-6-5-7-12-23)19-8-9-20(28-3)21(14-19)29-4/h8-10,13-14,16H,5-7,11-12,15,17H2,1-4H3,(H2,24,25,26). The molecule has 1 heterocycles. The fourth-order valence-corrected chi connectivity index (χ4v) is 4.29. The molecule has 0 aliphatic heterocycles. The van der Waals surface area contributed by atoms with Crippen molar-refractivity contribution >= 4 is 5.96 Å². The highest BCUT2D eigenvalue weighted by molar-refractivity contribution is 5.79. The summed E-state index contributed by atoms with van der Waals surface area (Å²) >= 11 is 0. The van der Waals surface area contributed by atoms with Crippen LogP contribution in [0.15, 0.2) is 41.7 Å². The highest BCUT2D eigenvalue weighted by Crippen LogP contribution is 2.42. The minimum Gasteiger partial charge on any atom is -0.493 e. The Kier molecular flexibility index (Phi) is 7.07. The normalized spacial score (nSPS) is 16.3. The molecule has 0 atom stereocenters. The third kappa shape index (κ3) is 5.05. The summed E-state index contributed by atoms with van der Waals surface area (Å²) in [5, 5.41) is 7.01. The molecule has 0 bridgehead atoms. The summed E-state index contributed by atoms with van der Waals surface area (Å²) < 4.78 is 13.1. The number of benzene rings is 1. The van der Waals surface area contributed by atoms with Gasteiger partial charge in [0.1, 0.15) is 0 Å². The van der Waals surface area contributed by atoms with Crippen molar-refractivity contribution in [3.05, 3.63) is 47.8 Å². The van der Waals surface area contributed by atoms with Gasteiger partial charge in [0.25, 0.3) is 0 Å². The molecule has 0 amide bonds. The van der Waals surface area contributed by atoms with E-state index in [2.05, 4.69) is 50.8 Å². The maximum Gasteiger partial charge on any atom is 0.191 e. The lowest BCUT2D eigenvalue weighted by atomic mass is 9.69. The number of nitrogens with zero attached hydrogens (tertiary/aromatic N) is 2. The van der Waals surface area contributed by atoms with E-state index in [4.69, 9.17) is 9.47 Å². The Morgan fingerprint density at radius 3 is 2.45 bits per heavy atom. The molecule has 1 aromatic carbocycles. The van der Waals surface area contributed by atoms with Gasteiger partial charge in [-0.3, -0.25) is 4.99 Å². The third-order valence-electron chi connectivity index (χ3n) is 5.98. The summed E-state index contributed by atoms with van der Waals surface area (Å²) in [6.45, 7) is 1.60. The van der Waals surface area contributed by atoms with E-state index in [0.29, 0.717) is 0 Å². The van der Waals surface area contributed by atoms with Gasteiger partial charge in [0.2, 0.25) is 0 Å². The van der Waals surface area contributed by atoms with Crippen molar-refractivity contribution in [3.8, 4) is 11.5 Å². The lowest BCUT2D eigenvalue weighted by Crippen LogP contribution is -2.46. The van der Waals surface area contributed by atoms with Crippen molar-refractivity contribution < 1.29 is 9.47 Å². The summed E-state index contributed by atoms with van der Waals surface area (Å²) in [4.78, 5) is 4.42. The zero-order chi connectivity index (χ0) is 20.7. The molecular weight excluding hydrogens is 364 g/mol. The number of hydrogen-bond acceptors (Lipinski definition) is 3. The van der Waals surface area contributed by atoms with Crippen molar-refractivity contribution in [2.75, 3.05) is 27.8 Å². The Balaban J connectivity index is 1.72. The number of aryl methyl sites for hydroxylation is 1. The van der Waals surface area contributed by atoms with Crippen molar-refractivity contribution in [2.24, 2.45) is 12.0 Å². The van der Waals surface area contributed by atoms with Crippen molar-refractivity contribution in [1.82, 2.24) is 15.2 Å². The molecule has 0 unspecified atom stereocenters. The fourth-order valence-electron chi connectivity index (χ4n) is 4.29. The zero-order valence-electron chi connectivity index (χ0n) is 18.1. The number of methoxy groups -OCH3 is 2. The number of hydrogen-bond donors (Lipinski definition) is 2. The Morgan fingerprint density at radius 2 is 1.83 bits per heavy atom. The van der Waals surface area contributed by atoms with Gasteiger partial charge in [-0.1, -0.05) is 25.3 Å². The van der Waals surface area contributed by atoms with E-state index in [1.165, 1.54) is 30.4 Å². The van der Waals surface area contributed by atoms with Crippen LogP contribution < -0.4 is 20.1 Å². The first-order valence-electron chi connectivity index (χ1n) is 10.4. The first-order chi connectivity index (χ1) is 14.1. The highest BCUT2D eigenvalue weighted by atomic mass is 16.5. The number of ether oxygens (including phenoxy) is 2. The largest absolute Gasteiger partial charge is 0.493 e. The van der Waals surface area contributed by atoms with E-state index in [-0.39, 0.29) is 5.41 Å². The van der Waals surface area contributed by atoms with Gasteiger partial charge < -0.3 is 24.7 Å². The minimum atomic E-state index is 0.0716. The molecule has 0 radical (unpaired) electrons. The molecule has 158 valence electrons. The van der Waals surface area contributed by atoms with Gasteiger partial charge in [-0.15, -0.1) is 0 Å². The van der Waals surface area contributed by atoms with E-state index in [1.807, 2.05) is 20.2 Å². The van der Waals surface area contributed by atoms with Gasteiger partial charge in [-0.2, -0.15) is 0 Å². The van der Waals surface area contributed by atoms with E-state index in [9.17, 15) is 0 Å². The second-order valence-corrected chi connectivity index (χ2v) is 7.88.